The Morgan fingerprint density at radius 3 is 2.34 bits per heavy atom. The summed E-state index contributed by atoms with van der Waals surface area (Å²) < 4.78 is 5.22. The fraction of sp³-hybridized carbons (Fsp3) is 0.100. The number of benzene rings is 2. The van der Waals surface area contributed by atoms with Crippen LogP contribution in [0.25, 0.3) is 11.1 Å². The third-order valence-electron chi connectivity index (χ3n) is 4.26. The molecule has 0 fully saturated rings. The summed E-state index contributed by atoms with van der Waals surface area (Å²) in [5.74, 6) is 4.30. The zero-order valence-electron chi connectivity index (χ0n) is 15.4. The van der Waals surface area contributed by atoms with Crippen molar-refractivity contribution in [1.82, 2.24) is 0 Å². The first-order chi connectivity index (χ1) is 13.8. The molecule has 6 N–H and O–H groups in total. The summed E-state index contributed by atoms with van der Waals surface area (Å²) in [6.45, 7) is 1.95. The van der Waals surface area contributed by atoms with Gasteiger partial charge in [0.2, 0.25) is 0 Å². The van der Waals surface area contributed by atoms with Crippen molar-refractivity contribution in [2.24, 2.45) is 16.7 Å². The second-order valence-corrected chi connectivity index (χ2v) is 6.12. The van der Waals surface area contributed by atoms with Crippen LogP contribution in [-0.4, -0.2) is 23.5 Å². The molecular weight excluding hydrogens is 376 g/mol. The molecule has 9 heteroatoms. The van der Waals surface area contributed by atoms with Crippen LogP contribution in [0.5, 0.6) is 5.75 Å². The molecule has 0 amide bonds. The minimum absolute atomic E-state index is 0.0178. The fourth-order valence-electron chi connectivity index (χ4n) is 2.80. The summed E-state index contributed by atoms with van der Waals surface area (Å²) in [5.41, 5.74) is 7.01. The van der Waals surface area contributed by atoms with Crippen molar-refractivity contribution < 1.29 is 14.6 Å². The lowest BCUT2D eigenvalue weighted by atomic mass is 10.00. The quantitative estimate of drug-likeness (QED) is 0.154. The SMILES string of the molecule is CCOc1c(Nc2cc(/C(N)=N/N)cc(-c3ccc(C(=O)O)cc3)c2)c(=O)c1=O. The van der Waals surface area contributed by atoms with Crippen LogP contribution in [0, 0.1) is 0 Å². The topological polar surface area (TPSA) is 157 Å². The predicted octanol–water partition coefficient (Wildman–Crippen LogP) is 1.37. The molecule has 148 valence electrons. The molecular formula is C20H18N4O5. The summed E-state index contributed by atoms with van der Waals surface area (Å²) in [4.78, 5) is 34.6. The van der Waals surface area contributed by atoms with Gasteiger partial charge in [0.25, 0.3) is 10.9 Å². The van der Waals surface area contributed by atoms with Gasteiger partial charge in [0, 0.05) is 11.3 Å². The van der Waals surface area contributed by atoms with Crippen LogP contribution >= 0.6 is 0 Å². The Kier molecular flexibility index (Phi) is 5.31. The Balaban J connectivity index is 2.05. The van der Waals surface area contributed by atoms with Crippen LogP contribution in [0.15, 0.2) is 57.2 Å². The lowest BCUT2D eigenvalue weighted by Crippen LogP contribution is -2.35. The van der Waals surface area contributed by atoms with Crippen molar-refractivity contribution in [3.8, 4) is 16.9 Å². The van der Waals surface area contributed by atoms with E-state index in [2.05, 4.69) is 10.4 Å². The van der Waals surface area contributed by atoms with Crippen LogP contribution < -0.4 is 32.5 Å². The number of hydrogen-bond donors (Lipinski definition) is 4. The molecule has 0 aliphatic rings. The highest BCUT2D eigenvalue weighted by Crippen LogP contribution is 2.29. The van der Waals surface area contributed by atoms with E-state index in [0.717, 1.165) is 0 Å². The summed E-state index contributed by atoms with van der Waals surface area (Å²) in [6, 6.07) is 11.3. The van der Waals surface area contributed by atoms with Crippen LogP contribution in [0.2, 0.25) is 0 Å². The summed E-state index contributed by atoms with van der Waals surface area (Å²) in [6.07, 6.45) is 0. The van der Waals surface area contributed by atoms with Gasteiger partial charge in [-0.25, -0.2) is 4.79 Å². The van der Waals surface area contributed by atoms with Gasteiger partial charge in [0.15, 0.2) is 5.75 Å². The van der Waals surface area contributed by atoms with Gasteiger partial charge in [-0.3, -0.25) is 9.59 Å². The van der Waals surface area contributed by atoms with E-state index in [1.807, 2.05) is 0 Å². The maximum Gasteiger partial charge on any atom is 0.335 e. The number of nitrogens with one attached hydrogen (secondary N) is 1. The van der Waals surface area contributed by atoms with Crippen LogP contribution in [0.4, 0.5) is 11.4 Å². The van der Waals surface area contributed by atoms with E-state index in [4.69, 9.17) is 21.4 Å². The van der Waals surface area contributed by atoms with E-state index in [-0.39, 0.29) is 29.4 Å². The molecule has 3 aromatic carbocycles. The first-order valence-corrected chi connectivity index (χ1v) is 8.61. The number of anilines is 2. The number of nitrogens with zero attached hydrogens (tertiary/aromatic N) is 1. The third-order valence-corrected chi connectivity index (χ3v) is 4.26. The highest BCUT2D eigenvalue weighted by molar-refractivity contribution is 5.99. The van der Waals surface area contributed by atoms with Crippen molar-refractivity contribution in [2.45, 2.75) is 6.92 Å². The predicted molar refractivity (Wildman–Crippen MR) is 110 cm³/mol. The molecule has 0 spiro atoms. The lowest BCUT2D eigenvalue weighted by Gasteiger charge is -2.15. The van der Waals surface area contributed by atoms with Crippen LogP contribution in [0.1, 0.15) is 22.8 Å². The third kappa shape index (κ3) is 3.79. The van der Waals surface area contributed by atoms with Crippen molar-refractivity contribution in [3.63, 3.8) is 0 Å². The van der Waals surface area contributed by atoms with Crippen LogP contribution in [0.3, 0.4) is 0 Å². The van der Waals surface area contributed by atoms with Crippen molar-refractivity contribution in [1.29, 1.82) is 0 Å². The van der Waals surface area contributed by atoms with Gasteiger partial charge in [0.05, 0.1) is 12.2 Å². The largest absolute Gasteiger partial charge is 0.488 e. The monoisotopic (exact) mass is 394 g/mol. The minimum Gasteiger partial charge on any atom is -0.488 e. The molecule has 0 saturated carbocycles. The molecule has 3 aromatic rings. The maximum atomic E-state index is 11.9. The van der Waals surface area contributed by atoms with Gasteiger partial charge < -0.3 is 26.7 Å². The maximum absolute atomic E-state index is 11.9. The van der Waals surface area contributed by atoms with Gasteiger partial charge in [-0.15, -0.1) is 0 Å². The standard InChI is InChI=1S/C20H18N4O5/c1-2-29-18-15(16(25)17(18)26)23-14-8-12(7-13(9-14)19(21)24-22)10-3-5-11(6-4-10)20(27)28/h3-9,23H,2,22H2,1H3,(H2,21,24)(H,27,28). The molecule has 0 aromatic heterocycles. The molecule has 0 unspecified atom stereocenters. The number of hydrogen-bond acceptors (Lipinski definition) is 7. The molecule has 0 bridgehead atoms. The number of carbonyl (C=O) groups is 1. The Labute approximate surface area is 164 Å². The number of rotatable bonds is 7. The second kappa shape index (κ2) is 7.85. The molecule has 29 heavy (non-hydrogen) atoms. The van der Waals surface area contributed by atoms with Crippen molar-refractivity contribution >= 4 is 23.2 Å². The van der Waals surface area contributed by atoms with Gasteiger partial charge in [0.1, 0.15) is 11.5 Å². The summed E-state index contributed by atoms with van der Waals surface area (Å²) in [7, 11) is 0. The van der Waals surface area contributed by atoms with Gasteiger partial charge in [-0.1, -0.05) is 12.1 Å². The first-order valence-electron chi connectivity index (χ1n) is 8.61. The average molecular weight is 394 g/mol. The van der Waals surface area contributed by atoms with Gasteiger partial charge in [-0.2, -0.15) is 5.10 Å². The number of aromatic carboxylic acids is 1. The Morgan fingerprint density at radius 1 is 1.07 bits per heavy atom. The highest BCUT2D eigenvalue weighted by atomic mass is 16.5. The minimum atomic E-state index is -1.03. The molecule has 0 aliphatic heterocycles. The molecule has 0 atom stereocenters. The smallest absolute Gasteiger partial charge is 0.335 e. The zero-order chi connectivity index (χ0) is 21.1. The number of nitrogens with two attached hydrogens (primary N) is 2. The molecule has 0 radical (unpaired) electrons. The second-order valence-electron chi connectivity index (χ2n) is 6.12. The van der Waals surface area contributed by atoms with E-state index in [0.29, 0.717) is 22.4 Å². The molecule has 0 saturated heterocycles. The molecule has 0 aliphatic carbocycles. The molecule has 9 nitrogen and oxygen atoms in total. The van der Waals surface area contributed by atoms with E-state index >= 15 is 0 Å². The van der Waals surface area contributed by atoms with E-state index < -0.39 is 16.8 Å². The number of ether oxygens (including phenoxy) is 1. The van der Waals surface area contributed by atoms with Crippen LogP contribution in [-0.2, 0) is 0 Å². The molecule has 0 heterocycles. The van der Waals surface area contributed by atoms with Crippen molar-refractivity contribution in [2.75, 3.05) is 11.9 Å². The average Bonchev–Trinajstić information content (AvgIpc) is 2.75. The van der Waals surface area contributed by atoms with Gasteiger partial charge >= 0.3 is 5.97 Å². The fourth-order valence-corrected chi connectivity index (χ4v) is 2.80. The summed E-state index contributed by atoms with van der Waals surface area (Å²) >= 11 is 0. The number of carboxylic acids is 1. The van der Waals surface area contributed by atoms with E-state index in [1.54, 1.807) is 37.3 Å². The Hall–Kier alpha value is -4.14. The summed E-state index contributed by atoms with van der Waals surface area (Å²) in [5, 5.41) is 15.4. The Morgan fingerprint density at radius 2 is 1.76 bits per heavy atom. The van der Waals surface area contributed by atoms with E-state index in [9.17, 15) is 14.4 Å². The number of amidine groups is 1. The normalized spacial score (nSPS) is 11.4. The van der Waals surface area contributed by atoms with E-state index in [1.165, 1.54) is 12.1 Å². The molecule has 3 rings (SSSR count). The van der Waals surface area contributed by atoms with Gasteiger partial charge in [-0.05, 0) is 48.4 Å². The Bertz CT molecular complexity index is 1170. The highest BCUT2D eigenvalue weighted by Gasteiger charge is 2.22. The number of carboxylic acid groups (broad SMARTS) is 1. The number of hydrazone groups is 1. The zero-order valence-corrected chi connectivity index (χ0v) is 15.4. The lowest BCUT2D eigenvalue weighted by molar-refractivity contribution is 0.0697. The first kappa shape index (κ1) is 19.6. The van der Waals surface area contributed by atoms with Crippen molar-refractivity contribution in [3.05, 3.63) is 74.0 Å².